The highest BCUT2D eigenvalue weighted by Crippen LogP contribution is 2.31. The van der Waals surface area contributed by atoms with Crippen LogP contribution in [0.1, 0.15) is 176 Å². The Kier molecular flexibility index (Phi) is 39.0. The minimum absolute atomic E-state index is 0.000359. The molecule has 2 saturated carbocycles. The second-order valence-electron chi connectivity index (χ2n) is 32.8. The number of aromatic nitrogens is 8. The summed E-state index contributed by atoms with van der Waals surface area (Å²) in [5, 5.41) is 47.0. The first-order valence-corrected chi connectivity index (χ1v) is 41.5. The van der Waals surface area contributed by atoms with Crippen molar-refractivity contribution in [2.45, 2.75) is 236 Å². The number of aliphatic hydroxyl groups is 4. The quantitative estimate of drug-likeness (QED) is 0.0265. The van der Waals surface area contributed by atoms with Gasteiger partial charge in [0.25, 0.3) is 22.2 Å². The van der Waals surface area contributed by atoms with Gasteiger partial charge in [0.1, 0.15) is 35.9 Å². The van der Waals surface area contributed by atoms with Gasteiger partial charge in [0, 0.05) is 97.4 Å². The maximum absolute atomic E-state index is 12.8. The summed E-state index contributed by atoms with van der Waals surface area (Å²) in [5.41, 5.74) is 6.77. The van der Waals surface area contributed by atoms with E-state index in [2.05, 4.69) is 111 Å². The number of anilines is 4. The second kappa shape index (κ2) is 48.3. The molecule has 2 aliphatic carbocycles. The molecule has 116 heavy (non-hydrogen) atoms. The summed E-state index contributed by atoms with van der Waals surface area (Å²) >= 11 is 0. The summed E-state index contributed by atoms with van der Waals surface area (Å²) in [6.07, 6.45) is 19.7. The van der Waals surface area contributed by atoms with Crippen molar-refractivity contribution in [3.05, 3.63) is 222 Å². The van der Waals surface area contributed by atoms with E-state index in [0.717, 1.165) is 111 Å². The van der Waals surface area contributed by atoms with Gasteiger partial charge in [-0.05, 0) is 225 Å². The van der Waals surface area contributed by atoms with Crippen LogP contribution >= 0.6 is 0 Å². The van der Waals surface area contributed by atoms with Crippen LogP contribution in [0.2, 0.25) is 0 Å². The third kappa shape index (κ3) is 31.9. The summed E-state index contributed by atoms with van der Waals surface area (Å²) in [5.74, 6) is 4.35. The molecular formula is C90H129FN12O13. The van der Waals surface area contributed by atoms with E-state index in [4.69, 9.17) is 29.2 Å². The number of carbonyl (C=O) groups excluding carboxylic acids is 1. The molecule has 26 heteroatoms. The molecule has 3 saturated heterocycles. The molecule has 634 valence electrons. The molecule has 0 spiro atoms. The van der Waals surface area contributed by atoms with Crippen molar-refractivity contribution in [2.24, 2.45) is 29.6 Å². The van der Waals surface area contributed by atoms with Gasteiger partial charge < -0.3 is 68.6 Å². The van der Waals surface area contributed by atoms with Crippen molar-refractivity contribution >= 4 is 29.1 Å². The van der Waals surface area contributed by atoms with Crippen LogP contribution in [0, 0.1) is 35.4 Å². The van der Waals surface area contributed by atoms with E-state index in [-0.39, 0.29) is 83.8 Å². The van der Waals surface area contributed by atoms with E-state index in [1.807, 2.05) is 117 Å². The van der Waals surface area contributed by atoms with Crippen molar-refractivity contribution in [1.82, 2.24) is 38.4 Å². The maximum Gasteiger partial charge on any atom is 0.415 e. The lowest BCUT2D eigenvalue weighted by Crippen LogP contribution is -2.51. The second-order valence-corrected chi connectivity index (χ2v) is 32.8. The third-order valence-electron chi connectivity index (χ3n) is 18.9. The zero-order chi connectivity index (χ0) is 84.4. The first kappa shape index (κ1) is 93.7. The highest BCUT2D eigenvalue weighted by molar-refractivity contribution is 5.88. The Balaban J connectivity index is 0.000000187. The Morgan fingerprint density at radius 1 is 0.552 bits per heavy atom. The number of hydrogen-bond donors (Lipinski definition) is 6. The highest BCUT2D eigenvalue weighted by Gasteiger charge is 2.32. The van der Waals surface area contributed by atoms with Gasteiger partial charge in [-0.15, -0.1) is 0 Å². The van der Waals surface area contributed by atoms with Gasteiger partial charge in [0.2, 0.25) is 5.88 Å². The number of hydrogen-bond acceptors (Lipinski definition) is 20. The number of β-amino-alcohol motifs (C(OH)–C–C–N with tert-alkyl or cyclic N) is 1. The van der Waals surface area contributed by atoms with Crippen LogP contribution in [0.25, 0.3) is 5.69 Å². The number of rotatable bonds is 28. The molecule has 3 aliphatic heterocycles. The van der Waals surface area contributed by atoms with Crippen LogP contribution in [-0.2, 0) is 59.4 Å². The Morgan fingerprint density at radius 2 is 1.12 bits per heavy atom. The highest BCUT2D eigenvalue weighted by atomic mass is 19.1. The average Bonchev–Trinajstić information content (AvgIpc) is 1.05. The van der Waals surface area contributed by atoms with Crippen molar-refractivity contribution in [3.63, 3.8) is 0 Å². The number of carbonyl (C=O) groups is 1. The topological polar surface area (TPSA) is 305 Å². The standard InChI is InChI=1S/C15H23NO2.C14H15FN2O.C13H20N2O2.C13H19NO2.C12H16N2O2.C12H18N2O.C11H18N2O3/c1-12(2)10-13-6-5-8-16(15(13)17)11-14-7-3-4-9-18-14;1-10(2)9-11-7-8-16-17(14(11)18)13-5-3-12(15)4-6-13;1-10(2)14-12-4-3-7-15(13(12)16)8-9-17-11-5-6-11;1-9(2)8-10-4-3-7-14(13(10)16)11-5-6-12(11)15;1-9(2)8-10-4-3-5-11(13-10)14-6-7-16-12(14)15;1-9(2)6-10-4-3-5-12(13-10)14-7-11(15)8-14;1-8(2)13-10-4-3-5-12-11(10)16-9(6-14)7-15/h5-6,8,12,14H,3-4,7,9-11H2,1-2H3;3-8,10H,9H2,1-2H3;3-4,7,10-11,14H,5-6,8-9H2,1-2H3;3-4,7,9,11-12,15H,5-6,8H2,1-2H3;3-5,9H,6-8H2,1-2H3;3-5,9,11,15H,6-8H2,1-2H3;3-5,8-9,13-15H,6-7H2,1-2H3/t;;;11-,12+;;;/m...0.../s1. The summed E-state index contributed by atoms with van der Waals surface area (Å²) in [6, 6.07) is 35.0. The van der Waals surface area contributed by atoms with Crippen LogP contribution in [0.15, 0.2) is 165 Å². The molecule has 1 unspecified atom stereocenters. The van der Waals surface area contributed by atoms with Crippen LogP contribution in [0.3, 0.4) is 0 Å². The molecule has 0 radical (unpaired) electrons. The van der Waals surface area contributed by atoms with E-state index < -0.39 is 6.10 Å². The number of amides is 1. The Labute approximate surface area is 684 Å². The Bertz CT molecular complexity index is 4470. The predicted molar refractivity (Wildman–Crippen MR) is 457 cm³/mol. The lowest BCUT2D eigenvalue weighted by Gasteiger charge is -2.37. The lowest BCUT2D eigenvalue weighted by molar-refractivity contribution is 0.00538. The average molecular weight is 1610 g/mol. The van der Waals surface area contributed by atoms with Gasteiger partial charge in [0.15, 0.2) is 0 Å². The summed E-state index contributed by atoms with van der Waals surface area (Å²) < 4.78 is 40.9. The molecule has 1 aromatic carbocycles. The molecule has 5 fully saturated rings. The minimum atomic E-state index is -0.636. The number of benzene rings is 1. The molecule has 0 bridgehead atoms. The van der Waals surface area contributed by atoms with E-state index in [1.54, 1.807) is 56.9 Å². The SMILES string of the molecule is CC(C)Cc1cccc(N2CC(O)C2)n1.CC(C)Cc1cccc(N2CCOC2=O)n1.CC(C)Cc1cccn(CC2CCCCO2)c1=O.CC(C)Cc1cccn([C@H]2CC[C@H]2O)c1=O.CC(C)Cc1ccnn(-c2ccc(F)cc2)c1=O.CC(C)Nc1cccn(CCOC2CC2)c1=O.CC(C)Nc1cccnc1OC(CO)CO. The fraction of sp³-hybridized carbons (Fsp3) is 0.544. The van der Waals surface area contributed by atoms with Crippen LogP contribution < -0.4 is 47.4 Å². The monoisotopic (exact) mass is 1600 g/mol. The van der Waals surface area contributed by atoms with Gasteiger partial charge in [0.05, 0.1) is 74.7 Å². The number of ether oxygens (including phenoxy) is 4. The lowest BCUT2D eigenvalue weighted by atomic mass is 9.88. The van der Waals surface area contributed by atoms with Crippen molar-refractivity contribution in [3.8, 4) is 11.6 Å². The normalized spacial score (nSPS) is 16.3. The summed E-state index contributed by atoms with van der Waals surface area (Å²) in [7, 11) is 0. The van der Waals surface area contributed by atoms with Gasteiger partial charge >= 0.3 is 6.09 Å². The number of halogens is 1. The van der Waals surface area contributed by atoms with Crippen molar-refractivity contribution in [1.29, 1.82) is 0 Å². The number of pyridine rings is 6. The molecule has 3 atom stereocenters. The van der Waals surface area contributed by atoms with Crippen LogP contribution in [0.5, 0.6) is 5.88 Å². The molecular weight excluding hydrogens is 1480 g/mol. The molecule has 10 heterocycles. The maximum atomic E-state index is 12.8. The Morgan fingerprint density at radius 3 is 1.66 bits per heavy atom. The first-order chi connectivity index (χ1) is 55.5. The molecule has 5 aliphatic rings. The van der Waals surface area contributed by atoms with Crippen molar-refractivity contribution in [2.75, 3.05) is 73.1 Å². The minimum Gasteiger partial charge on any atom is -0.468 e. The van der Waals surface area contributed by atoms with E-state index in [9.17, 15) is 38.6 Å². The molecule has 1 amide bonds. The van der Waals surface area contributed by atoms with E-state index >= 15 is 0 Å². The first-order valence-electron chi connectivity index (χ1n) is 41.5. The summed E-state index contributed by atoms with van der Waals surface area (Å²) in [6.45, 7) is 34.1. The largest absolute Gasteiger partial charge is 0.468 e. The summed E-state index contributed by atoms with van der Waals surface area (Å²) in [4.78, 5) is 76.8. The van der Waals surface area contributed by atoms with Gasteiger partial charge in [-0.25, -0.2) is 24.1 Å². The molecule has 13 rings (SSSR count). The number of nitrogens with zero attached hydrogens (tertiary/aromatic N) is 10. The van der Waals surface area contributed by atoms with Crippen LogP contribution in [0.4, 0.5) is 32.2 Å². The van der Waals surface area contributed by atoms with Crippen molar-refractivity contribution < 1.29 is 48.6 Å². The molecule has 8 aromatic rings. The predicted octanol–water partition coefficient (Wildman–Crippen LogP) is 13.1. The number of cyclic esters (lactones) is 1. The zero-order valence-corrected chi connectivity index (χ0v) is 70.7. The van der Waals surface area contributed by atoms with Gasteiger partial charge in [-0.1, -0.05) is 93.5 Å². The molecule has 7 aromatic heterocycles. The zero-order valence-electron chi connectivity index (χ0n) is 70.7. The van der Waals surface area contributed by atoms with E-state index in [1.165, 1.54) is 36.1 Å². The third-order valence-corrected chi connectivity index (χ3v) is 18.9. The fourth-order valence-corrected chi connectivity index (χ4v) is 13.0. The van der Waals surface area contributed by atoms with Gasteiger partial charge in [-0.3, -0.25) is 24.1 Å². The number of aliphatic hydroxyl groups excluding tert-OH is 4. The van der Waals surface area contributed by atoms with Gasteiger partial charge in [-0.2, -0.15) is 9.78 Å². The molecule has 6 N–H and O–H groups in total. The fourth-order valence-electron chi connectivity index (χ4n) is 13.0. The Hall–Kier alpha value is -9.44. The molecule has 25 nitrogen and oxygen atoms in total. The van der Waals surface area contributed by atoms with E-state index in [0.29, 0.717) is 98.0 Å². The van der Waals surface area contributed by atoms with Crippen LogP contribution in [-0.4, -0.2) is 160 Å². The smallest absolute Gasteiger partial charge is 0.415 e. The number of nitrogens with one attached hydrogen (secondary N) is 2.